The zero-order chi connectivity index (χ0) is 22.7. The number of H-pyrrole nitrogens is 1. The van der Waals surface area contributed by atoms with Crippen molar-refractivity contribution >= 4 is 0 Å². The monoisotopic (exact) mass is 440 g/mol. The van der Waals surface area contributed by atoms with E-state index in [0.29, 0.717) is 23.0 Å². The zero-order valence-corrected chi connectivity index (χ0v) is 17.3. The fourth-order valence-electron chi connectivity index (χ4n) is 3.00. The summed E-state index contributed by atoms with van der Waals surface area (Å²) in [5.41, 5.74) is 2.89. The number of aryl methyl sites for hydroxylation is 1. The van der Waals surface area contributed by atoms with Gasteiger partial charge in [0.1, 0.15) is 12.4 Å². The lowest BCUT2D eigenvalue weighted by Crippen LogP contribution is -2.07. The van der Waals surface area contributed by atoms with Crippen LogP contribution in [0.1, 0.15) is 17.0 Å². The van der Waals surface area contributed by atoms with Crippen molar-refractivity contribution in [2.45, 2.75) is 19.7 Å². The zero-order valence-electron chi connectivity index (χ0n) is 17.3. The van der Waals surface area contributed by atoms with Crippen LogP contribution in [0.2, 0.25) is 0 Å². The minimum atomic E-state index is -4.42. The number of aromatic amines is 1. The van der Waals surface area contributed by atoms with E-state index in [1.807, 2.05) is 25.1 Å². The van der Waals surface area contributed by atoms with Gasteiger partial charge in [-0.15, -0.1) is 0 Å². The summed E-state index contributed by atoms with van der Waals surface area (Å²) in [5.74, 6) is 1.60. The predicted octanol–water partition coefficient (Wildman–Crippen LogP) is 5.45. The highest BCUT2D eigenvalue weighted by molar-refractivity contribution is 5.67. The molecular formula is C23H19F3N4O2. The summed E-state index contributed by atoms with van der Waals surface area (Å²) in [7, 11) is 1.51. The lowest BCUT2D eigenvalue weighted by molar-refractivity contribution is -0.137. The van der Waals surface area contributed by atoms with Gasteiger partial charge in [-0.3, -0.25) is 9.97 Å². The molecule has 4 rings (SSSR count). The van der Waals surface area contributed by atoms with Gasteiger partial charge < -0.3 is 14.5 Å². The molecule has 4 aromatic rings. The van der Waals surface area contributed by atoms with Crippen LogP contribution in [0, 0.1) is 6.92 Å². The molecule has 0 aliphatic carbocycles. The number of alkyl halides is 3. The fraction of sp³-hybridized carbons (Fsp3) is 0.174. The molecule has 0 atom stereocenters. The largest absolute Gasteiger partial charge is 0.493 e. The Morgan fingerprint density at radius 2 is 1.75 bits per heavy atom. The molecule has 3 aromatic heterocycles. The Morgan fingerprint density at radius 3 is 2.41 bits per heavy atom. The minimum absolute atomic E-state index is 0.000814. The fourth-order valence-corrected chi connectivity index (χ4v) is 3.00. The lowest BCUT2D eigenvalue weighted by atomic mass is 10.1. The number of benzene rings is 1. The quantitative estimate of drug-likeness (QED) is 0.432. The molecule has 3 heterocycles. The molecule has 0 aliphatic heterocycles. The minimum Gasteiger partial charge on any atom is -0.493 e. The predicted molar refractivity (Wildman–Crippen MR) is 112 cm³/mol. The number of rotatable bonds is 6. The van der Waals surface area contributed by atoms with Crippen LogP contribution >= 0.6 is 0 Å². The number of nitrogens with zero attached hydrogens (tertiary/aromatic N) is 3. The van der Waals surface area contributed by atoms with Gasteiger partial charge in [0, 0.05) is 35.4 Å². The molecule has 0 radical (unpaired) electrons. The van der Waals surface area contributed by atoms with E-state index in [0.717, 1.165) is 34.8 Å². The Morgan fingerprint density at radius 1 is 0.938 bits per heavy atom. The summed E-state index contributed by atoms with van der Waals surface area (Å²) in [6.45, 7) is 1.92. The molecule has 0 aliphatic rings. The van der Waals surface area contributed by atoms with Crippen molar-refractivity contribution < 1.29 is 22.6 Å². The number of pyridine rings is 2. The highest BCUT2D eigenvalue weighted by atomic mass is 19.4. The average Bonchev–Trinajstić information content (AvgIpc) is 3.28. The first-order valence-corrected chi connectivity index (χ1v) is 9.65. The lowest BCUT2D eigenvalue weighted by Gasteiger charge is -2.12. The molecule has 164 valence electrons. The van der Waals surface area contributed by atoms with Crippen LogP contribution in [-0.4, -0.2) is 27.0 Å². The Kier molecular flexibility index (Phi) is 5.81. The van der Waals surface area contributed by atoms with Gasteiger partial charge in [-0.2, -0.15) is 13.2 Å². The van der Waals surface area contributed by atoms with Crippen molar-refractivity contribution in [3.05, 3.63) is 78.0 Å². The van der Waals surface area contributed by atoms with Gasteiger partial charge in [0.25, 0.3) is 0 Å². The van der Waals surface area contributed by atoms with E-state index in [9.17, 15) is 13.2 Å². The third-order valence-corrected chi connectivity index (χ3v) is 4.75. The summed E-state index contributed by atoms with van der Waals surface area (Å²) in [6.07, 6.45) is -0.0906. The standard InChI is InChI=1S/C23H19F3N4O2/c1-14-3-4-16(10-27-14)22-29-12-19(30-22)15-5-8-20(21(9-15)31-2)32-13-18-7-6-17(11-28-18)23(24,25)26/h3-12H,13H2,1-2H3,(H,29,30). The Labute approximate surface area is 182 Å². The molecule has 1 aromatic carbocycles. The van der Waals surface area contributed by atoms with Crippen LogP contribution in [0.3, 0.4) is 0 Å². The van der Waals surface area contributed by atoms with Crippen LogP contribution in [0.5, 0.6) is 11.5 Å². The van der Waals surface area contributed by atoms with Crippen LogP contribution in [0.25, 0.3) is 22.6 Å². The summed E-state index contributed by atoms with van der Waals surface area (Å²) in [6, 6.07) is 11.4. The van der Waals surface area contributed by atoms with Gasteiger partial charge in [-0.25, -0.2) is 4.98 Å². The molecule has 0 bridgehead atoms. The van der Waals surface area contributed by atoms with Gasteiger partial charge in [-0.1, -0.05) is 0 Å². The van der Waals surface area contributed by atoms with E-state index in [1.165, 1.54) is 13.2 Å². The van der Waals surface area contributed by atoms with E-state index in [2.05, 4.69) is 19.9 Å². The van der Waals surface area contributed by atoms with Crippen molar-refractivity contribution in [1.82, 2.24) is 19.9 Å². The van der Waals surface area contributed by atoms with E-state index in [4.69, 9.17) is 9.47 Å². The molecule has 0 saturated carbocycles. The van der Waals surface area contributed by atoms with Crippen molar-refractivity contribution in [2.24, 2.45) is 0 Å². The smallest absolute Gasteiger partial charge is 0.417 e. The Balaban J connectivity index is 1.49. The Hall–Kier alpha value is -3.88. The van der Waals surface area contributed by atoms with Gasteiger partial charge in [-0.05, 0) is 49.4 Å². The van der Waals surface area contributed by atoms with E-state index < -0.39 is 11.7 Å². The third kappa shape index (κ3) is 4.72. The maximum Gasteiger partial charge on any atom is 0.417 e. The van der Waals surface area contributed by atoms with Gasteiger partial charge in [0.2, 0.25) is 0 Å². The summed E-state index contributed by atoms with van der Waals surface area (Å²) < 4.78 is 49.1. The topological polar surface area (TPSA) is 72.9 Å². The average molecular weight is 440 g/mol. The van der Waals surface area contributed by atoms with Gasteiger partial charge in [0.15, 0.2) is 11.5 Å². The number of aromatic nitrogens is 4. The number of nitrogens with one attached hydrogen (secondary N) is 1. The molecule has 9 heteroatoms. The van der Waals surface area contributed by atoms with Crippen molar-refractivity contribution in [1.29, 1.82) is 0 Å². The molecule has 32 heavy (non-hydrogen) atoms. The molecule has 0 unspecified atom stereocenters. The Bertz CT molecular complexity index is 1200. The molecule has 6 nitrogen and oxygen atoms in total. The number of hydrogen-bond donors (Lipinski definition) is 1. The molecule has 0 amide bonds. The maximum absolute atomic E-state index is 12.7. The summed E-state index contributed by atoms with van der Waals surface area (Å²) >= 11 is 0. The van der Waals surface area contributed by atoms with E-state index in [1.54, 1.807) is 24.5 Å². The number of imidazole rings is 1. The molecule has 0 saturated heterocycles. The number of methoxy groups -OCH3 is 1. The van der Waals surface area contributed by atoms with Crippen molar-refractivity contribution in [2.75, 3.05) is 7.11 Å². The third-order valence-electron chi connectivity index (χ3n) is 4.75. The van der Waals surface area contributed by atoms with E-state index >= 15 is 0 Å². The first-order chi connectivity index (χ1) is 15.3. The number of halogens is 3. The SMILES string of the molecule is COc1cc(-c2c[nH]c(-c3ccc(C)nc3)n2)ccc1OCc1ccc(C(F)(F)F)cn1. The highest BCUT2D eigenvalue weighted by Crippen LogP contribution is 2.33. The second-order valence-electron chi connectivity index (χ2n) is 7.01. The second kappa shape index (κ2) is 8.70. The molecule has 0 spiro atoms. The first kappa shape index (κ1) is 21.4. The van der Waals surface area contributed by atoms with Crippen LogP contribution < -0.4 is 9.47 Å². The maximum atomic E-state index is 12.7. The summed E-state index contributed by atoms with van der Waals surface area (Å²) in [4.78, 5) is 15.8. The molecular weight excluding hydrogens is 421 g/mol. The van der Waals surface area contributed by atoms with Crippen molar-refractivity contribution in [3.63, 3.8) is 0 Å². The summed E-state index contributed by atoms with van der Waals surface area (Å²) in [5, 5.41) is 0. The van der Waals surface area contributed by atoms with Crippen molar-refractivity contribution in [3.8, 4) is 34.1 Å². The number of hydrogen-bond acceptors (Lipinski definition) is 5. The molecule has 0 fully saturated rings. The van der Waals surface area contributed by atoms with Gasteiger partial charge in [0.05, 0.1) is 24.1 Å². The van der Waals surface area contributed by atoms with Gasteiger partial charge >= 0.3 is 6.18 Å². The van der Waals surface area contributed by atoms with Crippen LogP contribution in [0.15, 0.2) is 61.1 Å². The highest BCUT2D eigenvalue weighted by Gasteiger charge is 2.30. The normalized spacial score (nSPS) is 11.4. The second-order valence-corrected chi connectivity index (χ2v) is 7.01. The van der Waals surface area contributed by atoms with Crippen LogP contribution in [0.4, 0.5) is 13.2 Å². The number of ether oxygens (including phenoxy) is 2. The first-order valence-electron chi connectivity index (χ1n) is 9.65. The van der Waals surface area contributed by atoms with Crippen LogP contribution in [-0.2, 0) is 12.8 Å². The van der Waals surface area contributed by atoms with E-state index in [-0.39, 0.29) is 6.61 Å². The molecule has 1 N–H and O–H groups in total.